The minimum absolute atomic E-state index is 0.0314. The van der Waals surface area contributed by atoms with Crippen LogP contribution in [0.4, 0.5) is 11.8 Å². The zero-order valence-electron chi connectivity index (χ0n) is 14.0. The van der Waals surface area contributed by atoms with Crippen molar-refractivity contribution in [3.63, 3.8) is 0 Å². The highest BCUT2D eigenvalue weighted by Gasteiger charge is 2.17. The first-order valence-electron chi connectivity index (χ1n) is 8.05. The third-order valence-electron chi connectivity index (χ3n) is 3.83. The third-order valence-corrected chi connectivity index (χ3v) is 3.83. The molecule has 0 bridgehead atoms. The molecule has 0 saturated carbocycles. The molecule has 3 aromatic rings. The van der Waals surface area contributed by atoms with Crippen molar-refractivity contribution in [1.29, 1.82) is 0 Å². The van der Waals surface area contributed by atoms with Crippen molar-refractivity contribution in [2.45, 2.75) is 13.5 Å². The quantitative estimate of drug-likeness (QED) is 0.689. The smallest absolute Gasteiger partial charge is 0.226 e. The largest absolute Gasteiger partial charge is 0.395 e. The minimum Gasteiger partial charge on any atom is -0.395 e. The van der Waals surface area contributed by atoms with Crippen molar-refractivity contribution >= 4 is 22.9 Å². The van der Waals surface area contributed by atoms with Crippen LogP contribution in [0.2, 0.25) is 0 Å². The van der Waals surface area contributed by atoms with Crippen molar-refractivity contribution in [2.75, 3.05) is 29.9 Å². The summed E-state index contributed by atoms with van der Waals surface area (Å²) in [6, 6.07) is 10.3. The molecular formula is C17H22N6O. The van der Waals surface area contributed by atoms with Gasteiger partial charge in [-0.05, 0) is 12.5 Å². The van der Waals surface area contributed by atoms with E-state index in [4.69, 9.17) is 5.11 Å². The number of fused-ring (bicyclic) bond motifs is 1. The molecule has 0 radical (unpaired) electrons. The van der Waals surface area contributed by atoms with Gasteiger partial charge in [0.2, 0.25) is 5.95 Å². The summed E-state index contributed by atoms with van der Waals surface area (Å²) in [6.07, 6.45) is 1.75. The normalized spacial score (nSPS) is 11.0. The van der Waals surface area contributed by atoms with E-state index < -0.39 is 0 Å². The lowest BCUT2D eigenvalue weighted by atomic mass is 10.2. The van der Waals surface area contributed by atoms with Gasteiger partial charge in [0, 0.05) is 26.7 Å². The molecule has 0 atom stereocenters. The molecule has 2 N–H and O–H groups in total. The van der Waals surface area contributed by atoms with Crippen molar-refractivity contribution in [1.82, 2.24) is 19.5 Å². The van der Waals surface area contributed by atoms with Crippen LogP contribution in [0.3, 0.4) is 0 Å². The average molecular weight is 326 g/mol. The Kier molecular flexibility index (Phi) is 4.90. The zero-order valence-corrected chi connectivity index (χ0v) is 14.0. The van der Waals surface area contributed by atoms with E-state index in [9.17, 15) is 0 Å². The summed E-state index contributed by atoms with van der Waals surface area (Å²) in [5.74, 6) is 1.30. The predicted molar refractivity (Wildman–Crippen MR) is 95.0 cm³/mol. The molecule has 0 amide bonds. The van der Waals surface area contributed by atoms with Crippen LogP contribution in [-0.2, 0) is 13.6 Å². The number of aliphatic hydroxyl groups is 1. The third kappa shape index (κ3) is 3.30. The van der Waals surface area contributed by atoms with E-state index in [0.717, 1.165) is 30.1 Å². The van der Waals surface area contributed by atoms with Crippen molar-refractivity contribution in [2.24, 2.45) is 7.05 Å². The standard InChI is InChI=1S/C17H22N6O/c1-3-23(11-13-7-5-4-6-8-13)16-14-15(22(2)12-19-14)20-17(21-16)18-9-10-24/h4-8,12,24H,3,9-11H2,1-2H3,(H,18,20,21). The SMILES string of the molecule is CCN(Cc1ccccc1)c1nc(NCCO)nc2c1ncn2C. The maximum absolute atomic E-state index is 9.03. The van der Waals surface area contributed by atoms with Crippen LogP contribution in [0, 0.1) is 0 Å². The number of hydrogen-bond donors (Lipinski definition) is 2. The van der Waals surface area contributed by atoms with E-state index >= 15 is 0 Å². The van der Waals surface area contributed by atoms with Gasteiger partial charge in [-0.15, -0.1) is 0 Å². The number of aliphatic hydroxyl groups excluding tert-OH is 1. The topological polar surface area (TPSA) is 79.1 Å². The van der Waals surface area contributed by atoms with Gasteiger partial charge in [0.05, 0.1) is 12.9 Å². The Morgan fingerprint density at radius 3 is 2.71 bits per heavy atom. The van der Waals surface area contributed by atoms with Gasteiger partial charge in [-0.3, -0.25) is 0 Å². The number of nitrogens with one attached hydrogen (secondary N) is 1. The Labute approximate surface area is 141 Å². The Bertz CT molecular complexity index is 801. The second-order valence-corrected chi connectivity index (χ2v) is 5.55. The highest BCUT2D eigenvalue weighted by Crippen LogP contribution is 2.25. The summed E-state index contributed by atoms with van der Waals surface area (Å²) in [5, 5.41) is 12.1. The predicted octanol–water partition coefficient (Wildman–Crippen LogP) is 1.79. The van der Waals surface area contributed by atoms with Gasteiger partial charge in [0.1, 0.15) is 0 Å². The Morgan fingerprint density at radius 2 is 2.00 bits per heavy atom. The highest BCUT2D eigenvalue weighted by atomic mass is 16.3. The van der Waals surface area contributed by atoms with E-state index in [1.54, 1.807) is 6.33 Å². The Hall–Kier alpha value is -2.67. The first kappa shape index (κ1) is 16.2. The molecule has 2 aromatic heterocycles. The first-order valence-corrected chi connectivity index (χ1v) is 8.05. The number of aryl methyl sites for hydroxylation is 1. The molecular weight excluding hydrogens is 304 g/mol. The van der Waals surface area contributed by atoms with E-state index in [2.05, 4.69) is 44.2 Å². The Balaban J connectivity index is 2.01. The fourth-order valence-corrected chi connectivity index (χ4v) is 2.60. The molecule has 126 valence electrons. The summed E-state index contributed by atoms with van der Waals surface area (Å²) in [5.41, 5.74) is 2.77. The molecule has 0 aliphatic heterocycles. The number of rotatable bonds is 7. The van der Waals surface area contributed by atoms with Gasteiger partial charge in [-0.1, -0.05) is 30.3 Å². The van der Waals surface area contributed by atoms with Crippen LogP contribution in [0.1, 0.15) is 12.5 Å². The van der Waals surface area contributed by atoms with Gasteiger partial charge in [0.15, 0.2) is 17.0 Å². The molecule has 0 saturated heterocycles. The molecule has 7 nitrogen and oxygen atoms in total. The lowest BCUT2D eigenvalue weighted by Crippen LogP contribution is -2.24. The van der Waals surface area contributed by atoms with Crippen molar-refractivity contribution < 1.29 is 5.11 Å². The molecule has 0 aliphatic rings. The summed E-state index contributed by atoms with van der Waals surface area (Å²) >= 11 is 0. The maximum Gasteiger partial charge on any atom is 0.226 e. The number of anilines is 2. The molecule has 24 heavy (non-hydrogen) atoms. The number of hydrogen-bond acceptors (Lipinski definition) is 6. The molecule has 0 spiro atoms. The van der Waals surface area contributed by atoms with Crippen LogP contribution in [-0.4, -0.2) is 44.3 Å². The van der Waals surface area contributed by atoms with Gasteiger partial charge in [-0.25, -0.2) is 4.98 Å². The fraction of sp³-hybridized carbons (Fsp3) is 0.353. The number of nitrogens with zero attached hydrogens (tertiary/aromatic N) is 5. The molecule has 2 heterocycles. The van der Waals surface area contributed by atoms with E-state index in [-0.39, 0.29) is 6.61 Å². The maximum atomic E-state index is 9.03. The van der Waals surface area contributed by atoms with Crippen LogP contribution < -0.4 is 10.2 Å². The summed E-state index contributed by atoms with van der Waals surface area (Å²) in [4.78, 5) is 15.8. The first-order chi connectivity index (χ1) is 11.7. The monoisotopic (exact) mass is 326 g/mol. The lowest BCUT2D eigenvalue weighted by molar-refractivity contribution is 0.311. The van der Waals surface area contributed by atoms with Gasteiger partial charge < -0.3 is 19.9 Å². The second-order valence-electron chi connectivity index (χ2n) is 5.55. The van der Waals surface area contributed by atoms with E-state index in [1.807, 2.05) is 29.8 Å². The van der Waals surface area contributed by atoms with E-state index in [1.165, 1.54) is 5.56 Å². The lowest BCUT2D eigenvalue weighted by Gasteiger charge is -2.23. The van der Waals surface area contributed by atoms with Crippen LogP contribution in [0.5, 0.6) is 0 Å². The second kappa shape index (κ2) is 7.27. The Morgan fingerprint density at radius 1 is 1.21 bits per heavy atom. The number of benzene rings is 1. The summed E-state index contributed by atoms with van der Waals surface area (Å²) < 4.78 is 1.88. The summed E-state index contributed by atoms with van der Waals surface area (Å²) in [6.45, 7) is 4.09. The number of aromatic nitrogens is 4. The molecule has 0 aliphatic carbocycles. The molecule has 3 rings (SSSR count). The molecule has 1 aromatic carbocycles. The van der Waals surface area contributed by atoms with Gasteiger partial charge >= 0.3 is 0 Å². The van der Waals surface area contributed by atoms with Gasteiger partial charge in [-0.2, -0.15) is 9.97 Å². The summed E-state index contributed by atoms with van der Waals surface area (Å²) in [7, 11) is 1.91. The zero-order chi connectivity index (χ0) is 16.9. The van der Waals surface area contributed by atoms with Crippen LogP contribution >= 0.6 is 0 Å². The van der Waals surface area contributed by atoms with Gasteiger partial charge in [0.25, 0.3) is 0 Å². The average Bonchev–Trinajstić information content (AvgIpc) is 2.99. The molecule has 0 fully saturated rings. The van der Waals surface area contributed by atoms with E-state index in [0.29, 0.717) is 12.5 Å². The van der Waals surface area contributed by atoms with Crippen LogP contribution in [0.15, 0.2) is 36.7 Å². The highest BCUT2D eigenvalue weighted by molar-refractivity contribution is 5.84. The molecule has 7 heteroatoms. The number of imidazole rings is 1. The van der Waals surface area contributed by atoms with Crippen molar-refractivity contribution in [3.05, 3.63) is 42.2 Å². The van der Waals surface area contributed by atoms with Crippen molar-refractivity contribution in [3.8, 4) is 0 Å². The van der Waals surface area contributed by atoms with Crippen LogP contribution in [0.25, 0.3) is 11.2 Å². The molecule has 0 unspecified atom stereocenters. The fourth-order valence-electron chi connectivity index (χ4n) is 2.60. The minimum atomic E-state index is 0.0314.